The normalized spacial score (nSPS) is 29.5. The standard InChI is InChI=1S/C8H9NO2/c10-7-5-8(11)9-3-1-6(7)2-4-9/h1,3,6H,2,4-5H2. The molecule has 3 heterocycles. The van der Waals surface area contributed by atoms with Gasteiger partial charge in [0, 0.05) is 18.7 Å². The van der Waals surface area contributed by atoms with Crippen molar-refractivity contribution in [3.63, 3.8) is 0 Å². The Bertz CT molecular complexity index is 220. The van der Waals surface area contributed by atoms with Gasteiger partial charge in [-0.05, 0) is 6.42 Å². The molecule has 3 aliphatic heterocycles. The number of carbonyl (C=O) groups is 2. The Morgan fingerprint density at radius 2 is 2.27 bits per heavy atom. The van der Waals surface area contributed by atoms with Crippen LogP contribution in [0.1, 0.15) is 12.8 Å². The van der Waals surface area contributed by atoms with E-state index < -0.39 is 0 Å². The minimum Gasteiger partial charge on any atom is -0.319 e. The molecular formula is C8H9NO2. The average Bonchev–Trinajstić information content (AvgIpc) is 2.22. The second-order valence-electron chi connectivity index (χ2n) is 2.97. The van der Waals surface area contributed by atoms with Crippen molar-refractivity contribution in [3.8, 4) is 0 Å². The van der Waals surface area contributed by atoms with Gasteiger partial charge >= 0.3 is 0 Å². The molecule has 11 heavy (non-hydrogen) atoms. The van der Waals surface area contributed by atoms with E-state index in [-0.39, 0.29) is 24.0 Å². The minimum absolute atomic E-state index is 0.0118. The van der Waals surface area contributed by atoms with Gasteiger partial charge in [0.1, 0.15) is 5.78 Å². The van der Waals surface area contributed by atoms with Crippen molar-refractivity contribution < 1.29 is 9.59 Å². The maximum Gasteiger partial charge on any atom is 0.233 e. The van der Waals surface area contributed by atoms with Crippen LogP contribution in [0.3, 0.4) is 0 Å². The van der Waals surface area contributed by atoms with Crippen molar-refractivity contribution in [1.82, 2.24) is 4.90 Å². The van der Waals surface area contributed by atoms with Gasteiger partial charge in [0.05, 0.1) is 6.42 Å². The first kappa shape index (κ1) is 6.58. The fourth-order valence-corrected chi connectivity index (χ4v) is 1.51. The summed E-state index contributed by atoms with van der Waals surface area (Å²) in [7, 11) is 0. The van der Waals surface area contributed by atoms with Crippen LogP contribution in [0.4, 0.5) is 0 Å². The number of fused-ring (bicyclic) bond motifs is 3. The molecule has 3 aliphatic rings. The van der Waals surface area contributed by atoms with E-state index in [9.17, 15) is 9.59 Å². The Morgan fingerprint density at radius 1 is 1.45 bits per heavy atom. The summed E-state index contributed by atoms with van der Waals surface area (Å²) in [5.41, 5.74) is 0. The number of carbonyl (C=O) groups excluding carboxylic acids is 2. The number of amides is 1. The molecule has 0 aliphatic carbocycles. The van der Waals surface area contributed by atoms with E-state index >= 15 is 0 Å². The summed E-state index contributed by atoms with van der Waals surface area (Å²) in [6.45, 7) is 0.714. The van der Waals surface area contributed by atoms with E-state index in [1.807, 2.05) is 6.08 Å². The topological polar surface area (TPSA) is 37.4 Å². The molecular weight excluding hydrogens is 142 g/mol. The van der Waals surface area contributed by atoms with Crippen LogP contribution in [0.2, 0.25) is 0 Å². The third kappa shape index (κ3) is 0.964. The summed E-state index contributed by atoms with van der Waals surface area (Å²) in [5, 5.41) is 0. The molecule has 2 bridgehead atoms. The summed E-state index contributed by atoms with van der Waals surface area (Å²) in [4.78, 5) is 23.9. The van der Waals surface area contributed by atoms with Gasteiger partial charge in [0.2, 0.25) is 5.91 Å². The van der Waals surface area contributed by atoms with Gasteiger partial charge in [0.25, 0.3) is 0 Å². The SMILES string of the molecule is O=C1CC(=O)N2C=CC1CC2. The summed E-state index contributed by atoms with van der Waals surface area (Å²) >= 11 is 0. The molecule has 0 saturated carbocycles. The molecule has 0 spiro atoms. The maximum absolute atomic E-state index is 11.2. The van der Waals surface area contributed by atoms with Crippen LogP contribution >= 0.6 is 0 Å². The molecule has 0 N–H and O–H groups in total. The summed E-state index contributed by atoms with van der Waals surface area (Å²) in [6, 6.07) is 0. The minimum atomic E-state index is -0.0498. The van der Waals surface area contributed by atoms with Crippen molar-refractivity contribution in [2.75, 3.05) is 6.54 Å². The number of hydrogen-bond donors (Lipinski definition) is 0. The van der Waals surface area contributed by atoms with Gasteiger partial charge in [-0.3, -0.25) is 9.59 Å². The zero-order chi connectivity index (χ0) is 7.84. The Hall–Kier alpha value is -1.12. The second-order valence-corrected chi connectivity index (χ2v) is 2.97. The fraction of sp³-hybridized carbons (Fsp3) is 0.500. The largest absolute Gasteiger partial charge is 0.319 e. The lowest BCUT2D eigenvalue weighted by Crippen LogP contribution is -2.26. The monoisotopic (exact) mass is 151 g/mol. The molecule has 1 unspecified atom stereocenters. The molecule has 1 atom stereocenters. The third-order valence-corrected chi connectivity index (χ3v) is 2.24. The summed E-state index contributed by atoms with van der Waals surface area (Å²) in [5.74, 6) is 0.0372. The Labute approximate surface area is 64.7 Å². The molecule has 58 valence electrons. The van der Waals surface area contributed by atoms with Gasteiger partial charge in [-0.15, -0.1) is 0 Å². The van der Waals surface area contributed by atoms with Crippen LogP contribution in [0.15, 0.2) is 12.3 Å². The van der Waals surface area contributed by atoms with Crippen molar-refractivity contribution in [2.45, 2.75) is 12.8 Å². The van der Waals surface area contributed by atoms with Crippen molar-refractivity contribution in [2.24, 2.45) is 5.92 Å². The van der Waals surface area contributed by atoms with E-state index in [2.05, 4.69) is 0 Å². The van der Waals surface area contributed by atoms with Gasteiger partial charge in [0.15, 0.2) is 0 Å². The van der Waals surface area contributed by atoms with E-state index in [1.54, 1.807) is 11.1 Å². The molecule has 0 aromatic rings. The smallest absolute Gasteiger partial charge is 0.233 e. The predicted octanol–water partition coefficient (Wildman–Crippen LogP) is 0.321. The molecule has 0 aromatic heterocycles. The molecule has 1 amide bonds. The summed E-state index contributed by atoms with van der Waals surface area (Å²) in [6.07, 6.45) is 4.47. The highest BCUT2D eigenvalue weighted by Crippen LogP contribution is 2.21. The Kier molecular flexibility index (Phi) is 1.31. The third-order valence-electron chi connectivity index (χ3n) is 2.24. The molecule has 3 heteroatoms. The Morgan fingerprint density at radius 3 is 2.91 bits per heavy atom. The number of rotatable bonds is 0. The highest BCUT2D eigenvalue weighted by molar-refractivity contribution is 6.01. The van der Waals surface area contributed by atoms with E-state index in [1.165, 1.54) is 0 Å². The van der Waals surface area contributed by atoms with Crippen LogP contribution in [0.25, 0.3) is 0 Å². The molecule has 1 fully saturated rings. The predicted molar refractivity (Wildman–Crippen MR) is 38.6 cm³/mol. The molecule has 3 rings (SSSR count). The number of Topliss-reactive ketones (excluding diaryl/α,β-unsaturated/α-hetero) is 1. The number of allylic oxidation sites excluding steroid dienone is 1. The zero-order valence-electron chi connectivity index (χ0n) is 6.12. The van der Waals surface area contributed by atoms with E-state index in [0.29, 0.717) is 6.54 Å². The number of nitrogens with zero attached hydrogens (tertiary/aromatic N) is 1. The highest BCUT2D eigenvalue weighted by Gasteiger charge is 2.29. The average molecular weight is 151 g/mol. The van der Waals surface area contributed by atoms with Crippen molar-refractivity contribution in [1.29, 1.82) is 0 Å². The molecule has 1 saturated heterocycles. The molecule has 3 nitrogen and oxygen atoms in total. The van der Waals surface area contributed by atoms with Crippen LogP contribution < -0.4 is 0 Å². The highest BCUT2D eigenvalue weighted by atomic mass is 16.2. The first-order valence-electron chi connectivity index (χ1n) is 3.78. The van der Waals surface area contributed by atoms with Gasteiger partial charge in [-0.2, -0.15) is 0 Å². The quantitative estimate of drug-likeness (QED) is 0.467. The van der Waals surface area contributed by atoms with E-state index in [0.717, 1.165) is 6.42 Å². The first-order chi connectivity index (χ1) is 5.27. The first-order valence-corrected chi connectivity index (χ1v) is 3.78. The van der Waals surface area contributed by atoms with Crippen LogP contribution in [-0.4, -0.2) is 23.1 Å². The summed E-state index contributed by atoms with van der Waals surface area (Å²) < 4.78 is 0. The molecule has 0 radical (unpaired) electrons. The van der Waals surface area contributed by atoms with Crippen molar-refractivity contribution in [3.05, 3.63) is 12.3 Å². The fourth-order valence-electron chi connectivity index (χ4n) is 1.51. The van der Waals surface area contributed by atoms with Gasteiger partial charge in [-0.1, -0.05) is 6.08 Å². The number of hydrogen-bond acceptors (Lipinski definition) is 2. The second kappa shape index (κ2) is 2.19. The van der Waals surface area contributed by atoms with Gasteiger partial charge < -0.3 is 4.90 Å². The van der Waals surface area contributed by atoms with Crippen molar-refractivity contribution >= 4 is 11.7 Å². The van der Waals surface area contributed by atoms with Crippen LogP contribution in [0, 0.1) is 5.92 Å². The molecule has 0 aromatic carbocycles. The van der Waals surface area contributed by atoms with Gasteiger partial charge in [-0.25, -0.2) is 0 Å². The number of ketones is 1. The zero-order valence-corrected chi connectivity index (χ0v) is 6.12. The van der Waals surface area contributed by atoms with Crippen LogP contribution in [-0.2, 0) is 9.59 Å². The Balaban J connectivity index is 2.35. The lowest BCUT2D eigenvalue weighted by molar-refractivity contribution is -0.131. The van der Waals surface area contributed by atoms with E-state index in [4.69, 9.17) is 0 Å². The maximum atomic E-state index is 11.2. The lowest BCUT2D eigenvalue weighted by atomic mass is 9.99. The van der Waals surface area contributed by atoms with Crippen LogP contribution in [0.5, 0.6) is 0 Å². The lowest BCUT2D eigenvalue weighted by Gasteiger charge is -2.18.